The Morgan fingerprint density at radius 2 is 2.00 bits per heavy atom. The molecule has 0 radical (unpaired) electrons. The van der Waals surface area contributed by atoms with Crippen LogP contribution in [0.15, 0.2) is 42.5 Å². The van der Waals surface area contributed by atoms with Gasteiger partial charge in [0, 0.05) is 12.1 Å². The van der Waals surface area contributed by atoms with Gasteiger partial charge in [0.1, 0.15) is 0 Å². The first kappa shape index (κ1) is 13.4. The molecule has 4 heteroatoms. The lowest BCUT2D eigenvalue weighted by Gasteiger charge is -2.10. The second-order valence-electron chi connectivity index (χ2n) is 4.96. The Kier molecular flexibility index (Phi) is 3.44. The first-order valence-corrected chi connectivity index (χ1v) is 6.75. The first-order chi connectivity index (χ1) is 10.2. The number of benzene rings is 2. The number of nitrogens with one attached hydrogen (secondary N) is 1. The number of amides is 1. The lowest BCUT2D eigenvalue weighted by molar-refractivity contribution is -0.139. The molecule has 0 aromatic heterocycles. The molecule has 1 N–H and O–H groups in total. The fourth-order valence-corrected chi connectivity index (χ4v) is 2.56. The van der Waals surface area contributed by atoms with Crippen LogP contribution in [0, 0.1) is 0 Å². The highest BCUT2D eigenvalue weighted by atomic mass is 16.5. The topological polar surface area (TPSA) is 55.4 Å². The quantitative estimate of drug-likeness (QED) is 0.878. The fourth-order valence-electron chi connectivity index (χ4n) is 2.56. The predicted molar refractivity (Wildman–Crippen MR) is 78.8 cm³/mol. The van der Waals surface area contributed by atoms with Crippen molar-refractivity contribution >= 4 is 11.9 Å². The number of rotatable bonds is 3. The summed E-state index contributed by atoms with van der Waals surface area (Å²) < 4.78 is 4.73. The molecule has 0 bridgehead atoms. The Morgan fingerprint density at radius 3 is 2.81 bits per heavy atom. The standard InChI is InChI=1S/C17H15NO3/c1-21-16(19)9-11-4-2-3-5-14(11)12-6-7-13-10-18-17(20)15(13)8-12/h2-8H,9-10H2,1H3,(H,18,20). The summed E-state index contributed by atoms with van der Waals surface area (Å²) in [6.45, 7) is 0.582. The smallest absolute Gasteiger partial charge is 0.309 e. The van der Waals surface area contributed by atoms with Gasteiger partial charge in [-0.05, 0) is 28.3 Å². The van der Waals surface area contributed by atoms with E-state index in [1.165, 1.54) is 7.11 Å². The summed E-state index contributed by atoms with van der Waals surface area (Å²) in [7, 11) is 1.38. The molecule has 0 atom stereocenters. The number of methoxy groups -OCH3 is 1. The van der Waals surface area contributed by atoms with E-state index in [9.17, 15) is 9.59 Å². The van der Waals surface area contributed by atoms with E-state index in [0.29, 0.717) is 12.1 Å². The number of fused-ring (bicyclic) bond motifs is 1. The maximum atomic E-state index is 11.8. The van der Waals surface area contributed by atoms with Crippen LogP contribution in [-0.2, 0) is 22.5 Å². The number of ether oxygens (including phenoxy) is 1. The second kappa shape index (κ2) is 5.40. The molecule has 0 saturated carbocycles. The maximum Gasteiger partial charge on any atom is 0.309 e. The van der Waals surface area contributed by atoms with Gasteiger partial charge in [0.15, 0.2) is 0 Å². The Labute approximate surface area is 122 Å². The van der Waals surface area contributed by atoms with Gasteiger partial charge in [-0.3, -0.25) is 9.59 Å². The molecule has 3 rings (SSSR count). The third-order valence-electron chi connectivity index (χ3n) is 3.68. The van der Waals surface area contributed by atoms with Crippen molar-refractivity contribution < 1.29 is 14.3 Å². The zero-order valence-electron chi connectivity index (χ0n) is 11.7. The SMILES string of the molecule is COC(=O)Cc1ccccc1-c1ccc2c(c1)C(=O)NC2. The molecule has 1 aliphatic rings. The van der Waals surface area contributed by atoms with Gasteiger partial charge in [0.2, 0.25) is 0 Å². The van der Waals surface area contributed by atoms with Crippen LogP contribution >= 0.6 is 0 Å². The zero-order chi connectivity index (χ0) is 14.8. The van der Waals surface area contributed by atoms with E-state index in [-0.39, 0.29) is 18.3 Å². The molecule has 0 spiro atoms. The molecule has 0 fully saturated rings. The van der Waals surface area contributed by atoms with Gasteiger partial charge >= 0.3 is 5.97 Å². The van der Waals surface area contributed by atoms with Crippen molar-refractivity contribution in [1.29, 1.82) is 0 Å². The first-order valence-electron chi connectivity index (χ1n) is 6.75. The molecular weight excluding hydrogens is 266 g/mol. The summed E-state index contributed by atoms with van der Waals surface area (Å²) in [6.07, 6.45) is 0.218. The van der Waals surface area contributed by atoms with Crippen LogP contribution in [0.25, 0.3) is 11.1 Å². The van der Waals surface area contributed by atoms with Crippen LogP contribution in [0.3, 0.4) is 0 Å². The molecule has 0 unspecified atom stereocenters. The third-order valence-corrected chi connectivity index (χ3v) is 3.68. The van der Waals surface area contributed by atoms with Gasteiger partial charge in [0.05, 0.1) is 13.5 Å². The van der Waals surface area contributed by atoms with Crippen LogP contribution in [0.2, 0.25) is 0 Å². The zero-order valence-corrected chi connectivity index (χ0v) is 11.7. The van der Waals surface area contributed by atoms with Crippen molar-refractivity contribution in [2.75, 3.05) is 7.11 Å². The number of carbonyl (C=O) groups excluding carboxylic acids is 2. The van der Waals surface area contributed by atoms with Gasteiger partial charge < -0.3 is 10.1 Å². The molecule has 2 aromatic rings. The minimum absolute atomic E-state index is 0.0442. The number of hydrogen-bond acceptors (Lipinski definition) is 3. The van der Waals surface area contributed by atoms with Crippen LogP contribution in [-0.4, -0.2) is 19.0 Å². The number of carbonyl (C=O) groups is 2. The van der Waals surface area contributed by atoms with Crippen LogP contribution in [0.1, 0.15) is 21.5 Å². The Morgan fingerprint density at radius 1 is 1.19 bits per heavy atom. The summed E-state index contributed by atoms with van der Waals surface area (Å²) in [5.41, 5.74) is 4.49. The van der Waals surface area contributed by atoms with Crippen LogP contribution in [0.4, 0.5) is 0 Å². The van der Waals surface area contributed by atoms with E-state index in [0.717, 1.165) is 22.3 Å². The molecule has 1 aliphatic heterocycles. The predicted octanol–water partition coefficient (Wildman–Crippen LogP) is 2.31. The van der Waals surface area contributed by atoms with E-state index in [1.54, 1.807) is 0 Å². The maximum absolute atomic E-state index is 11.8. The van der Waals surface area contributed by atoms with Gasteiger partial charge in [-0.15, -0.1) is 0 Å². The van der Waals surface area contributed by atoms with Crippen molar-refractivity contribution in [2.45, 2.75) is 13.0 Å². The molecule has 1 amide bonds. The normalized spacial score (nSPS) is 12.7. The summed E-state index contributed by atoms with van der Waals surface area (Å²) in [5.74, 6) is -0.321. The largest absolute Gasteiger partial charge is 0.469 e. The van der Waals surface area contributed by atoms with Crippen LogP contribution < -0.4 is 5.32 Å². The lowest BCUT2D eigenvalue weighted by Crippen LogP contribution is -2.12. The van der Waals surface area contributed by atoms with Crippen molar-refractivity contribution in [3.63, 3.8) is 0 Å². The van der Waals surface area contributed by atoms with E-state index in [1.807, 2.05) is 42.5 Å². The monoisotopic (exact) mass is 281 g/mol. The molecule has 21 heavy (non-hydrogen) atoms. The van der Waals surface area contributed by atoms with Crippen molar-refractivity contribution in [1.82, 2.24) is 5.32 Å². The molecule has 1 heterocycles. The van der Waals surface area contributed by atoms with Crippen molar-refractivity contribution in [3.05, 3.63) is 59.2 Å². The Hall–Kier alpha value is -2.62. The Balaban J connectivity index is 2.03. The fraction of sp³-hybridized carbons (Fsp3) is 0.176. The van der Waals surface area contributed by atoms with E-state index in [4.69, 9.17) is 4.74 Å². The molecule has 0 aliphatic carbocycles. The van der Waals surface area contributed by atoms with Crippen molar-refractivity contribution in [3.8, 4) is 11.1 Å². The van der Waals surface area contributed by atoms with E-state index in [2.05, 4.69) is 5.32 Å². The highest BCUT2D eigenvalue weighted by molar-refractivity contribution is 5.99. The van der Waals surface area contributed by atoms with E-state index < -0.39 is 0 Å². The molecule has 106 valence electrons. The highest BCUT2D eigenvalue weighted by Crippen LogP contribution is 2.28. The Bertz CT molecular complexity index is 722. The number of hydrogen-bond donors (Lipinski definition) is 1. The molecular formula is C17H15NO3. The van der Waals surface area contributed by atoms with Gasteiger partial charge in [-0.1, -0.05) is 36.4 Å². The molecule has 0 saturated heterocycles. The average molecular weight is 281 g/mol. The summed E-state index contributed by atoms with van der Waals surface area (Å²) in [5, 5.41) is 2.81. The lowest BCUT2D eigenvalue weighted by atomic mass is 9.95. The minimum atomic E-state index is -0.277. The van der Waals surface area contributed by atoms with Gasteiger partial charge in [0.25, 0.3) is 5.91 Å². The van der Waals surface area contributed by atoms with Crippen LogP contribution in [0.5, 0.6) is 0 Å². The summed E-state index contributed by atoms with van der Waals surface area (Å²) in [4.78, 5) is 23.3. The van der Waals surface area contributed by atoms with Crippen molar-refractivity contribution in [2.24, 2.45) is 0 Å². The molecule has 4 nitrogen and oxygen atoms in total. The van der Waals surface area contributed by atoms with E-state index >= 15 is 0 Å². The summed E-state index contributed by atoms with van der Waals surface area (Å²) >= 11 is 0. The second-order valence-corrected chi connectivity index (χ2v) is 4.96. The average Bonchev–Trinajstić information content (AvgIpc) is 2.88. The van der Waals surface area contributed by atoms with Gasteiger partial charge in [-0.2, -0.15) is 0 Å². The number of esters is 1. The third kappa shape index (κ3) is 2.52. The molecule has 2 aromatic carbocycles. The minimum Gasteiger partial charge on any atom is -0.469 e. The summed E-state index contributed by atoms with van der Waals surface area (Å²) in [6, 6.07) is 13.5. The van der Waals surface area contributed by atoms with Gasteiger partial charge in [-0.25, -0.2) is 0 Å². The highest BCUT2D eigenvalue weighted by Gasteiger charge is 2.19.